The minimum absolute atomic E-state index is 0.372. The predicted octanol–water partition coefficient (Wildman–Crippen LogP) is 2.93. The average Bonchev–Trinajstić information content (AvgIpc) is 2.86. The predicted molar refractivity (Wildman–Crippen MR) is 78.8 cm³/mol. The number of nitrogens with zero attached hydrogens (tertiary/aromatic N) is 1. The molecular weight excluding hydrogens is 236 g/mol. The van der Waals surface area contributed by atoms with Crippen molar-refractivity contribution in [1.82, 2.24) is 4.90 Å². The van der Waals surface area contributed by atoms with Crippen LogP contribution in [-0.4, -0.2) is 30.4 Å². The monoisotopic (exact) mass is 266 g/mol. The van der Waals surface area contributed by atoms with Crippen molar-refractivity contribution in [2.24, 2.45) is 17.1 Å². The highest BCUT2D eigenvalue weighted by molar-refractivity contribution is 5.76. The molecule has 1 atom stereocenters. The zero-order valence-corrected chi connectivity index (χ0v) is 12.5. The zero-order chi connectivity index (χ0) is 13.7. The summed E-state index contributed by atoms with van der Waals surface area (Å²) in [6.07, 6.45) is 10.9. The van der Waals surface area contributed by atoms with Crippen molar-refractivity contribution >= 4 is 5.91 Å². The van der Waals surface area contributed by atoms with Gasteiger partial charge in [0.1, 0.15) is 0 Å². The molecule has 1 amide bonds. The summed E-state index contributed by atoms with van der Waals surface area (Å²) in [6.45, 7) is 4.94. The number of hydrogen-bond donors (Lipinski definition) is 1. The molecule has 0 radical (unpaired) electrons. The van der Waals surface area contributed by atoms with Gasteiger partial charge in [-0.1, -0.05) is 19.8 Å². The lowest BCUT2D eigenvalue weighted by Gasteiger charge is -2.39. The quantitative estimate of drug-likeness (QED) is 0.831. The van der Waals surface area contributed by atoms with Crippen LogP contribution in [0.4, 0.5) is 0 Å². The Balaban J connectivity index is 1.70. The van der Waals surface area contributed by atoms with Crippen molar-refractivity contribution < 1.29 is 4.79 Å². The molecule has 1 saturated carbocycles. The lowest BCUT2D eigenvalue weighted by atomic mass is 9.77. The molecular formula is C16H30N2O. The van der Waals surface area contributed by atoms with E-state index in [2.05, 4.69) is 11.8 Å². The molecule has 19 heavy (non-hydrogen) atoms. The van der Waals surface area contributed by atoms with E-state index in [9.17, 15) is 4.79 Å². The first-order valence-corrected chi connectivity index (χ1v) is 8.13. The van der Waals surface area contributed by atoms with Crippen molar-refractivity contribution in [3.8, 4) is 0 Å². The van der Waals surface area contributed by atoms with Crippen LogP contribution < -0.4 is 5.73 Å². The van der Waals surface area contributed by atoms with E-state index in [0.29, 0.717) is 23.7 Å². The second kappa shape index (κ2) is 6.74. The van der Waals surface area contributed by atoms with E-state index in [-0.39, 0.29) is 0 Å². The molecule has 1 heterocycles. The Morgan fingerprint density at radius 1 is 1.16 bits per heavy atom. The average molecular weight is 266 g/mol. The lowest BCUT2D eigenvalue weighted by molar-refractivity contribution is -0.133. The third-order valence-corrected chi connectivity index (χ3v) is 5.35. The molecule has 0 aromatic carbocycles. The fourth-order valence-corrected chi connectivity index (χ4v) is 3.81. The molecule has 0 aromatic heterocycles. The van der Waals surface area contributed by atoms with E-state index in [1.54, 1.807) is 0 Å². The molecule has 2 rings (SSSR count). The third kappa shape index (κ3) is 3.95. The van der Waals surface area contributed by atoms with Gasteiger partial charge in [-0.15, -0.1) is 0 Å². The Kier molecular flexibility index (Phi) is 5.26. The van der Waals surface area contributed by atoms with E-state index in [4.69, 9.17) is 5.73 Å². The zero-order valence-electron chi connectivity index (χ0n) is 12.5. The highest BCUT2D eigenvalue weighted by Crippen LogP contribution is 2.46. The number of likely N-dealkylation sites (tertiary alicyclic amines) is 1. The largest absolute Gasteiger partial charge is 0.343 e. The van der Waals surface area contributed by atoms with Crippen LogP contribution in [0.15, 0.2) is 0 Å². The van der Waals surface area contributed by atoms with E-state index in [0.717, 1.165) is 32.5 Å². The Morgan fingerprint density at radius 2 is 1.79 bits per heavy atom. The molecule has 2 N–H and O–H groups in total. The van der Waals surface area contributed by atoms with Crippen molar-refractivity contribution in [1.29, 1.82) is 0 Å². The van der Waals surface area contributed by atoms with Gasteiger partial charge in [0, 0.05) is 19.5 Å². The second-order valence-corrected chi connectivity index (χ2v) is 6.81. The minimum atomic E-state index is 0.372. The summed E-state index contributed by atoms with van der Waals surface area (Å²) in [5.74, 6) is 0.955. The number of carbonyl (C=O) groups is 1. The number of amides is 1. The Bertz CT molecular complexity index is 287. The molecule has 1 aliphatic carbocycles. The van der Waals surface area contributed by atoms with E-state index >= 15 is 0 Å². The molecule has 1 saturated heterocycles. The lowest BCUT2D eigenvalue weighted by Crippen LogP contribution is -2.42. The molecule has 3 nitrogen and oxygen atoms in total. The summed E-state index contributed by atoms with van der Waals surface area (Å²) >= 11 is 0. The summed E-state index contributed by atoms with van der Waals surface area (Å²) < 4.78 is 0. The molecule has 2 aliphatic rings. The molecule has 0 aromatic rings. The van der Waals surface area contributed by atoms with E-state index in [1.165, 1.54) is 38.5 Å². The van der Waals surface area contributed by atoms with Crippen LogP contribution in [-0.2, 0) is 4.79 Å². The van der Waals surface area contributed by atoms with Crippen LogP contribution in [0.2, 0.25) is 0 Å². The van der Waals surface area contributed by atoms with Crippen molar-refractivity contribution in [2.45, 2.75) is 64.7 Å². The van der Waals surface area contributed by atoms with Crippen LogP contribution in [0.25, 0.3) is 0 Å². The molecule has 0 bridgehead atoms. The number of rotatable bonds is 5. The van der Waals surface area contributed by atoms with Gasteiger partial charge in [0.2, 0.25) is 5.91 Å². The first-order valence-electron chi connectivity index (χ1n) is 8.13. The number of carbonyl (C=O) groups excluding carboxylic acids is 1. The van der Waals surface area contributed by atoms with E-state index < -0.39 is 0 Å². The Labute approximate surface area is 117 Å². The molecule has 2 fully saturated rings. The normalized spacial score (nSPS) is 23.8. The summed E-state index contributed by atoms with van der Waals surface area (Å²) in [6, 6.07) is 0. The minimum Gasteiger partial charge on any atom is -0.343 e. The summed E-state index contributed by atoms with van der Waals surface area (Å²) in [5, 5.41) is 0. The summed E-state index contributed by atoms with van der Waals surface area (Å²) in [4.78, 5) is 14.3. The van der Waals surface area contributed by atoms with Crippen LogP contribution in [0.1, 0.15) is 64.7 Å². The fraction of sp³-hybridized carbons (Fsp3) is 0.938. The van der Waals surface area contributed by atoms with Crippen LogP contribution in [0, 0.1) is 11.3 Å². The van der Waals surface area contributed by atoms with E-state index in [1.807, 2.05) is 0 Å². The maximum Gasteiger partial charge on any atom is 0.222 e. The topological polar surface area (TPSA) is 46.3 Å². The van der Waals surface area contributed by atoms with Gasteiger partial charge in [0.05, 0.1) is 0 Å². The summed E-state index contributed by atoms with van der Waals surface area (Å²) in [7, 11) is 0. The highest BCUT2D eigenvalue weighted by atomic mass is 16.2. The standard InChI is InChI=1S/C16H30N2O/c1-14(6-11-17)4-5-15(19)18-12-9-16(10-13-18)7-2-3-8-16/h14H,2-13,17H2,1H3. The number of hydrogen-bond acceptors (Lipinski definition) is 2. The Hall–Kier alpha value is -0.570. The maximum absolute atomic E-state index is 12.2. The van der Waals surface area contributed by atoms with Gasteiger partial charge in [-0.3, -0.25) is 4.79 Å². The molecule has 1 spiro atoms. The van der Waals surface area contributed by atoms with Crippen LogP contribution in [0.3, 0.4) is 0 Å². The third-order valence-electron chi connectivity index (χ3n) is 5.35. The SMILES string of the molecule is CC(CCN)CCC(=O)N1CCC2(CCCC2)CC1. The van der Waals surface area contributed by atoms with Crippen molar-refractivity contribution in [3.05, 3.63) is 0 Å². The Morgan fingerprint density at radius 3 is 2.37 bits per heavy atom. The second-order valence-electron chi connectivity index (χ2n) is 6.81. The molecule has 1 aliphatic heterocycles. The van der Waals surface area contributed by atoms with Crippen LogP contribution in [0.5, 0.6) is 0 Å². The van der Waals surface area contributed by atoms with Gasteiger partial charge in [0.15, 0.2) is 0 Å². The van der Waals surface area contributed by atoms with Crippen molar-refractivity contribution in [3.63, 3.8) is 0 Å². The molecule has 3 heteroatoms. The van der Waals surface area contributed by atoms with Gasteiger partial charge in [-0.25, -0.2) is 0 Å². The van der Waals surface area contributed by atoms with Gasteiger partial charge < -0.3 is 10.6 Å². The van der Waals surface area contributed by atoms with Gasteiger partial charge in [-0.2, -0.15) is 0 Å². The number of piperidine rings is 1. The highest BCUT2D eigenvalue weighted by Gasteiger charge is 2.37. The van der Waals surface area contributed by atoms with Gasteiger partial charge in [-0.05, 0) is 56.4 Å². The van der Waals surface area contributed by atoms with Gasteiger partial charge >= 0.3 is 0 Å². The first kappa shape index (κ1) is 14.8. The van der Waals surface area contributed by atoms with Crippen LogP contribution >= 0.6 is 0 Å². The first-order chi connectivity index (χ1) is 9.15. The number of nitrogens with two attached hydrogens (primary N) is 1. The van der Waals surface area contributed by atoms with Gasteiger partial charge in [0.25, 0.3) is 0 Å². The smallest absolute Gasteiger partial charge is 0.222 e. The fourth-order valence-electron chi connectivity index (χ4n) is 3.81. The maximum atomic E-state index is 12.2. The molecule has 110 valence electrons. The summed E-state index contributed by atoms with van der Waals surface area (Å²) in [5.41, 5.74) is 6.16. The molecule has 1 unspecified atom stereocenters. The van der Waals surface area contributed by atoms with Crippen molar-refractivity contribution in [2.75, 3.05) is 19.6 Å².